The highest BCUT2D eigenvalue weighted by atomic mass is 14.9. The fourth-order valence-corrected chi connectivity index (χ4v) is 3.33. The summed E-state index contributed by atoms with van der Waals surface area (Å²) in [6.45, 7) is 4.39. The Hall–Kier alpha value is -1.08. The molecule has 2 aliphatic rings. The summed E-state index contributed by atoms with van der Waals surface area (Å²) in [7, 11) is 0. The quantitative estimate of drug-likeness (QED) is 0.778. The van der Waals surface area contributed by atoms with Crippen molar-refractivity contribution >= 4 is 0 Å². The van der Waals surface area contributed by atoms with Crippen LogP contribution in [0.3, 0.4) is 0 Å². The highest BCUT2D eigenvalue weighted by Crippen LogP contribution is 2.42. The van der Waals surface area contributed by atoms with Gasteiger partial charge in [0.15, 0.2) is 0 Å². The molecule has 3 rings (SSSR count). The number of benzene rings is 1. The van der Waals surface area contributed by atoms with Gasteiger partial charge in [0, 0.05) is 6.54 Å². The van der Waals surface area contributed by atoms with Crippen molar-refractivity contribution in [1.29, 1.82) is 0 Å². The number of rotatable bonds is 4. The highest BCUT2D eigenvalue weighted by Gasteiger charge is 2.34. The van der Waals surface area contributed by atoms with Crippen LogP contribution in [0.5, 0.6) is 0 Å². The molecule has 2 aliphatic carbocycles. The summed E-state index contributed by atoms with van der Waals surface area (Å²) >= 11 is 0. The van der Waals surface area contributed by atoms with Crippen LogP contribution in [-0.4, -0.2) is 6.54 Å². The van der Waals surface area contributed by atoms with Crippen LogP contribution in [0.15, 0.2) is 36.4 Å². The van der Waals surface area contributed by atoms with E-state index in [1.807, 2.05) is 0 Å². The average molecular weight is 227 g/mol. The topological polar surface area (TPSA) is 12.0 Å². The Labute approximate surface area is 104 Å². The molecule has 90 valence electrons. The lowest BCUT2D eigenvalue weighted by Crippen LogP contribution is -2.25. The van der Waals surface area contributed by atoms with Crippen LogP contribution in [0, 0.1) is 24.7 Å². The highest BCUT2D eigenvalue weighted by molar-refractivity contribution is 5.25. The molecule has 0 amide bonds. The Morgan fingerprint density at radius 2 is 2.06 bits per heavy atom. The first kappa shape index (κ1) is 11.0. The lowest BCUT2D eigenvalue weighted by molar-refractivity contribution is 0.414. The Bertz CT molecular complexity index is 421. The molecule has 1 saturated carbocycles. The Balaban J connectivity index is 1.50. The van der Waals surface area contributed by atoms with Crippen LogP contribution < -0.4 is 5.32 Å². The molecule has 1 nitrogen and oxygen atoms in total. The summed E-state index contributed by atoms with van der Waals surface area (Å²) < 4.78 is 0. The van der Waals surface area contributed by atoms with Gasteiger partial charge in [0.2, 0.25) is 0 Å². The van der Waals surface area contributed by atoms with Crippen molar-refractivity contribution in [3.8, 4) is 0 Å². The van der Waals surface area contributed by atoms with Gasteiger partial charge in [-0.2, -0.15) is 0 Å². The first-order chi connectivity index (χ1) is 8.33. The largest absolute Gasteiger partial charge is 0.312 e. The summed E-state index contributed by atoms with van der Waals surface area (Å²) in [5, 5.41) is 3.64. The van der Waals surface area contributed by atoms with Crippen LogP contribution in [-0.2, 0) is 6.54 Å². The van der Waals surface area contributed by atoms with E-state index >= 15 is 0 Å². The summed E-state index contributed by atoms with van der Waals surface area (Å²) in [5.74, 6) is 2.64. The van der Waals surface area contributed by atoms with Gasteiger partial charge >= 0.3 is 0 Å². The van der Waals surface area contributed by atoms with E-state index in [1.54, 1.807) is 0 Å². The Morgan fingerprint density at radius 1 is 1.18 bits per heavy atom. The lowest BCUT2D eigenvalue weighted by atomic mass is 9.93. The van der Waals surface area contributed by atoms with Gasteiger partial charge in [-0.3, -0.25) is 0 Å². The maximum atomic E-state index is 3.64. The van der Waals surface area contributed by atoms with Gasteiger partial charge < -0.3 is 5.32 Å². The smallest absolute Gasteiger partial charge is 0.0208 e. The fraction of sp³-hybridized carbons (Fsp3) is 0.500. The number of hydrogen-bond acceptors (Lipinski definition) is 1. The Morgan fingerprint density at radius 3 is 2.76 bits per heavy atom. The third kappa shape index (κ3) is 2.30. The van der Waals surface area contributed by atoms with Crippen molar-refractivity contribution in [1.82, 2.24) is 5.32 Å². The lowest BCUT2D eigenvalue weighted by Gasteiger charge is -2.18. The predicted molar refractivity (Wildman–Crippen MR) is 71.7 cm³/mol. The summed E-state index contributed by atoms with van der Waals surface area (Å²) in [6, 6.07) is 8.66. The van der Waals surface area contributed by atoms with Crippen molar-refractivity contribution in [3.63, 3.8) is 0 Å². The predicted octanol–water partition coefficient (Wildman–Crippen LogP) is 3.30. The van der Waals surface area contributed by atoms with E-state index in [9.17, 15) is 0 Å². The first-order valence-corrected chi connectivity index (χ1v) is 6.76. The average Bonchev–Trinajstić information content (AvgIpc) is 2.94. The molecule has 1 aromatic carbocycles. The molecular formula is C16H21N. The monoisotopic (exact) mass is 227 g/mol. The number of aryl methyl sites for hydroxylation is 1. The van der Waals surface area contributed by atoms with Crippen molar-refractivity contribution in [2.45, 2.75) is 26.3 Å². The molecule has 1 aromatic rings. The number of fused-ring (bicyclic) bond motifs is 2. The second-order valence-electron chi connectivity index (χ2n) is 5.60. The van der Waals surface area contributed by atoms with Gasteiger partial charge in [-0.15, -0.1) is 0 Å². The zero-order chi connectivity index (χ0) is 11.7. The molecule has 2 bridgehead atoms. The number of nitrogens with one attached hydrogen (secondary N) is 1. The third-order valence-electron chi connectivity index (χ3n) is 4.40. The minimum Gasteiger partial charge on any atom is -0.312 e. The van der Waals surface area contributed by atoms with Gasteiger partial charge in [0.05, 0.1) is 0 Å². The molecule has 0 spiro atoms. The van der Waals surface area contributed by atoms with E-state index in [-0.39, 0.29) is 0 Å². The normalized spacial score (nSPS) is 30.1. The van der Waals surface area contributed by atoms with E-state index in [1.165, 1.54) is 30.5 Å². The molecule has 3 atom stereocenters. The minimum absolute atomic E-state index is 0.865. The second-order valence-corrected chi connectivity index (χ2v) is 5.60. The molecule has 1 fully saturated rings. The molecule has 0 aromatic heterocycles. The van der Waals surface area contributed by atoms with Crippen molar-refractivity contribution in [2.75, 3.05) is 6.54 Å². The summed E-state index contributed by atoms with van der Waals surface area (Å²) in [5.41, 5.74) is 2.83. The molecule has 1 N–H and O–H groups in total. The molecule has 0 saturated heterocycles. The summed E-state index contributed by atoms with van der Waals surface area (Å²) in [6.07, 6.45) is 7.68. The number of allylic oxidation sites excluding steroid dienone is 2. The van der Waals surface area contributed by atoms with E-state index in [2.05, 4.69) is 48.7 Å². The standard InChI is InChI=1S/C16H21N/c1-12-4-2-3-5-15(12)10-17-11-16-9-13-6-7-14(16)8-13/h2-7,13-14,16-17H,8-11H2,1H3. The molecule has 1 heteroatoms. The maximum absolute atomic E-state index is 3.64. The molecule has 17 heavy (non-hydrogen) atoms. The van der Waals surface area contributed by atoms with Crippen LogP contribution in [0.2, 0.25) is 0 Å². The van der Waals surface area contributed by atoms with Gasteiger partial charge in [-0.1, -0.05) is 36.4 Å². The van der Waals surface area contributed by atoms with Crippen LogP contribution >= 0.6 is 0 Å². The molecular weight excluding hydrogens is 206 g/mol. The fourth-order valence-electron chi connectivity index (χ4n) is 3.33. The third-order valence-corrected chi connectivity index (χ3v) is 4.40. The van der Waals surface area contributed by atoms with Gasteiger partial charge in [-0.05, 0) is 55.2 Å². The molecule has 0 heterocycles. The number of hydrogen-bond donors (Lipinski definition) is 1. The van der Waals surface area contributed by atoms with Crippen molar-refractivity contribution in [3.05, 3.63) is 47.5 Å². The van der Waals surface area contributed by atoms with Crippen molar-refractivity contribution in [2.24, 2.45) is 17.8 Å². The zero-order valence-corrected chi connectivity index (χ0v) is 10.5. The van der Waals surface area contributed by atoms with E-state index in [4.69, 9.17) is 0 Å². The molecule has 0 radical (unpaired) electrons. The van der Waals surface area contributed by atoms with Crippen LogP contribution in [0.4, 0.5) is 0 Å². The minimum atomic E-state index is 0.865. The van der Waals surface area contributed by atoms with Gasteiger partial charge in [-0.25, -0.2) is 0 Å². The SMILES string of the molecule is Cc1ccccc1CNCC1CC2C=CC1C2. The van der Waals surface area contributed by atoms with Gasteiger partial charge in [0.1, 0.15) is 0 Å². The van der Waals surface area contributed by atoms with Crippen LogP contribution in [0.25, 0.3) is 0 Å². The zero-order valence-electron chi connectivity index (χ0n) is 10.5. The van der Waals surface area contributed by atoms with Crippen molar-refractivity contribution < 1.29 is 0 Å². The van der Waals surface area contributed by atoms with Gasteiger partial charge in [0.25, 0.3) is 0 Å². The first-order valence-electron chi connectivity index (χ1n) is 6.76. The molecule has 3 unspecified atom stereocenters. The van der Waals surface area contributed by atoms with Crippen LogP contribution in [0.1, 0.15) is 24.0 Å². The molecule has 0 aliphatic heterocycles. The van der Waals surface area contributed by atoms with E-state index in [0.29, 0.717) is 0 Å². The Kier molecular flexibility index (Phi) is 3.02. The second kappa shape index (κ2) is 4.66. The summed E-state index contributed by atoms with van der Waals surface area (Å²) in [4.78, 5) is 0. The van der Waals surface area contributed by atoms with E-state index in [0.717, 1.165) is 24.3 Å². The maximum Gasteiger partial charge on any atom is 0.0208 e. The van der Waals surface area contributed by atoms with E-state index < -0.39 is 0 Å².